The van der Waals surface area contributed by atoms with E-state index in [9.17, 15) is 0 Å². The fourth-order valence-corrected chi connectivity index (χ4v) is 2.09. The van der Waals surface area contributed by atoms with Gasteiger partial charge in [-0.3, -0.25) is 0 Å². The third kappa shape index (κ3) is 4.99. The van der Waals surface area contributed by atoms with Gasteiger partial charge in [0.15, 0.2) is 0 Å². The molecule has 1 heteroatoms. The molecule has 0 aromatic carbocycles. The zero-order valence-electron chi connectivity index (χ0n) is 10.4. The summed E-state index contributed by atoms with van der Waals surface area (Å²) >= 11 is 0. The molecule has 0 radical (unpaired) electrons. The molecule has 0 amide bonds. The monoisotopic (exact) mass is 197 g/mol. The van der Waals surface area contributed by atoms with Crippen LogP contribution in [0.1, 0.15) is 59.8 Å². The Hall–Kier alpha value is -0.0400. The predicted molar refractivity (Wildman–Crippen MR) is 63.5 cm³/mol. The van der Waals surface area contributed by atoms with E-state index < -0.39 is 0 Å². The minimum atomic E-state index is 0.525. The second kappa shape index (κ2) is 5.16. The summed E-state index contributed by atoms with van der Waals surface area (Å²) < 4.78 is 0. The quantitative estimate of drug-likeness (QED) is 0.657. The minimum Gasteiger partial charge on any atom is -0.314 e. The van der Waals surface area contributed by atoms with Crippen LogP contribution in [0.15, 0.2) is 0 Å². The molecule has 0 saturated heterocycles. The molecule has 0 heterocycles. The third-order valence-corrected chi connectivity index (χ3v) is 3.41. The van der Waals surface area contributed by atoms with Crippen LogP contribution in [0.5, 0.6) is 0 Å². The van der Waals surface area contributed by atoms with Crippen LogP contribution in [0.2, 0.25) is 0 Å². The van der Waals surface area contributed by atoms with E-state index in [4.69, 9.17) is 0 Å². The summed E-state index contributed by atoms with van der Waals surface area (Å²) in [5, 5.41) is 3.60. The van der Waals surface area contributed by atoms with Gasteiger partial charge >= 0.3 is 0 Å². The van der Waals surface area contributed by atoms with E-state index in [0.717, 1.165) is 12.0 Å². The molecule has 0 aromatic heterocycles. The highest BCUT2D eigenvalue weighted by molar-refractivity contribution is 4.82. The topological polar surface area (TPSA) is 12.0 Å². The van der Waals surface area contributed by atoms with Crippen LogP contribution >= 0.6 is 0 Å². The summed E-state index contributed by atoms with van der Waals surface area (Å²) in [7, 11) is 0. The van der Waals surface area contributed by atoms with Gasteiger partial charge in [-0.15, -0.1) is 0 Å². The summed E-state index contributed by atoms with van der Waals surface area (Å²) in [5.74, 6) is 0.880. The molecule has 1 aliphatic rings. The van der Waals surface area contributed by atoms with E-state index in [2.05, 4.69) is 33.0 Å². The largest absolute Gasteiger partial charge is 0.314 e. The molecule has 14 heavy (non-hydrogen) atoms. The fraction of sp³-hybridized carbons (Fsp3) is 1.00. The van der Waals surface area contributed by atoms with Crippen LogP contribution in [0.4, 0.5) is 0 Å². The molecule has 0 aromatic rings. The van der Waals surface area contributed by atoms with Gasteiger partial charge in [0.25, 0.3) is 0 Å². The van der Waals surface area contributed by atoms with Gasteiger partial charge in [-0.25, -0.2) is 0 Å². The Kier molecular flexibility index (Phi) is 4.43. The molecular formula is C13H27N. The summed E-state index contributed by atoms with van der Waals surface area (Å²) in [4.78, 5) is 0. The normalized spacial score (nSPS) is 19.7. The first-order chi connectivity index (χ1) is 6.53. The molecule has 1 aliphatic carbocycles. The maximum atomic E-state index is 3.60. The van der Waals surface area contributed by atoms with Crippen LogP contribution in [0.3, 0.4) is 0 Å². The highest BCUT2D eigenvalue weighted by Crippen LogP contribution is 2.30. The first-order valence-electron chi connectivity index (χ1n) is 6.27. The van der Waals surface area contributed by atoms with Gasteiger partial charge in [0, 0.05) is 6.04 Å². The summed E-state index contributed by atoms with van der Waals surface area (Å²) in [6.07, 6.45) is 6.83. The standard InChI is InChI=1S/C13H27N/c1-5-11(2)10-13(3,4)8-9-14-12-6-7-12/h11-12,14H,5-10H2,1-4H3. The predicted octanol–water partition coefficient (Wildman–Crippen LogP) is 3.59. The van der Waals surface area contributed by atoms with E-state index in [1.54, 1.807) is 0 Å². The van der Waals surface area contributed by atoms with Crippen molar-refractivity contribution in [2.75, 3.05) is 6.54 Å². The fourth-order valence-electron chi connectivity index (χ4n) is 2.09. The van der Waals surface area contributed by atoms with Crippen molar-refractivity contribution >= 4 is 0 Å². The minimum absolute atomic E-state index is 0.525. The van der Waals surface area contributed by atoms with Crippen molar-refractivity contribution in [1.29, 1.82) is 0 Å². The van der Waals surface area contributed by atoms with Gasteiger partial charge in [0.2, 0.25) is 0 Å². The lowest BCUT2D eigenvalue weighted by molar-refractivity contribution is 0.250. The van der Waals surface area contributed by atoms with Gasteiger partial charge in [-0.05, 0) is 43.6 Å². The van der Waals surface area contributed by atoms with Crippen molar-refractivity contribution in [3.05, 3.63) is 0 Å². The van der Waals surface area contributed by atoms with Crippen LogP contribution in [0, 0.1) is 11.3 Å². The Labute approximate surface area is 89.7 Å². The van der Waals surface area contributed by atoms with Crippen LogP contribution in [-0.2, 0) is 0 Å². The molecule has 1 N–H and O–H groups in total. The molecule has 1 unspecified atom stereocenters. The molecule has 1 atom stereocenters. The van der Waals surface area contributed by atoms with E-state index in [1.807, 2.05) is 0 Å². The molecule has 0 bridgehead atoms. The lowest BCUT2D eigenvalue weighted by atomic mass is 9.80. The first-order valence-corrected chi connectivity index (χ1v) is 6.27. The van der Waals surface area contributed by atoms with E-state index in [0.29, 0.717) is 5.41 Å². The Balaban J connectivity index is 2.11. The number of nitrogens with one attached hydrogen (secondary N) is 1. The van der Waals surface area contributed by atoms with E-state index in [1.165, 1.54) is 38.6 Å². The van der Waals surface area contributed by atoms with Crippen molar-refractivity contribution in [2.45, 2.75) is 65.8 Å². The third-order valence-electron chi connectivity index (χ3n) is 3.41. The zero-order valence-corrected chi connectivity index (χ0v) is 10.4. The van der Waals surface area contributed by atoms with Crippen molar-refractivity contribution in [1.82, 2.24) is 5.32 Å². The Morgan fingerprint density at radius 2 is 2.00 bits per heavy atom. The molecule has 0 spiro atoms. The highest BCUT2D eigenvalue weighted by atomic mass is 14.9. The van der Waals surface area contributed by atoms with E-state index in [-0.39, 0.29) is 0 Å². The van der Waals surface area contributed by atoms with Crippen LogP contribution < -0.4 is 5.32 Å². The zero-order chi connectivity index (χ0) is 10.6. The SMILES string of the molecule is CCC(C)CC(C)(C)CCNC1CC1. The van der Waals surface area contributed by atoms with Gasteiger partial charge < -0.3 is 5.32 Å². The molecular weight excluding hydrogens is 170 g/mol. The summed E-state index contributed by atoms with van der Waals surface area (Å²) in [6, 6.07) is 0.870. The van der Waals surface area contributed by atoms with Crippen LogP contribution in [-0.4, -0.2) is 12.6 Å². The van der Waals surface area contributed by atoms with Crippen molar-refractivity contribution in [3.63, 3.8) is 0 Å². The molecule has 1 saturated carbocycles. The first kappa shape index (κ1) is 12.0. The summed E-state index contributed by atoms with van der Waals surface area (Å²) in [6.45, 7) is 10.7. The summed E-state index contributed by atoms with van der Waals surface area (Å²) in [5.41, 5.74) is 0.525. The molecule has 1 nitrogen and oxygen atoms in total. The Morgan fingerprint density at radius 1 is 1.36 bits per heavy atom. The lowest BCUT2D eigenvalue weighted by Crippen LogP contribution is -2.25. The molecule has 1 rings (SSSR count). The highest BCUT2D eigenvalue weighted by Gasteiger charge is 2.23. The molecule has 0 aliphatic heterocycles. The molecule has 1 fully saturated rings. The van der Waals surface area contributed by atoms with Crippen molar-refractivity contribution in [2.24, 2.45) is 11.3 Å². The number of rotatable bonds is 7. The van der Waals surface area contributed by atoms with Crippen molar-refractivity contribution < 1.29 is 0 Å². The van der Waals surface area contributed by atoms with E-state index >= 15 is 0 Å². The van der Waals surface area contributed by atoms with Gasteiger partial charge in [-0.2, -0.15) is 0 Å². The maximum absolute atomic E-state index is 3.60. The maximum Gasteiger partial charge on any atom is 0.00682 e. The second-order valence-corrected chi connectivity index (χ2v) is 5.86. The average Bonchev–Trinajstić information content (AvgIpc) is 2.87. The Morgan fingerprint density at radius 3 is 2.50 bits per heavy atom. The van der Waals surface area contributed by atoms with Crippen LogP contribution in [0.25, 0.3) is 0 Å². The Bertz CT molecular complexity index is 159. The molecule has 84 valence electrons. The second-order valence-electron chi connectivity index (χ2n) is 5.86. The lowest BCUT2D eigenvalue weighted by Gasteiger charge is -2.27. The average molecular weight is 197 g/mol. The van der Waals surface area contributed by atoms with Gasteiger partial charge in [0.05, 0.1) is 0 Å². The van der Waals surface area contributed by atoms with Gasteiger partial charge in [0.1, 0.15) is 0 Å². The smallest absolute Gasteiger partial charge is 0.00682 e. The number of hydrogen-bond acceptors (Lipinski definition) is 1. The number of hydrogen-bond donors (Lipinski definition) is 1. The van der Waals surface area contributed by atoms with Crippen molar-refractivity contribution in [3.8, 4) is 0 Å². The van der Waals surface area contributed by atoms with Gasteiger partial charge in [-0.1, -0.05) is 34.1 Å².